The van der Waals surface area contributed by atoms with Gasteiger partial charge in [0.15, 0.2) is 0 Å². The van der Waals surface area contributed by atoms with E-state index in [-0.39, 0.29) is 0 Å². The van der Waals surface area contributed by atoms with Crippen molar-refractivity contribution in [1.82, 2.24) is 0 Å². The SMILES string of the molecule is CCCCCCCCCCCCc1ccccc1OP(=O)(Oc1ccccc1CCCCCCCCCCCC)Oc1ccccc1CCCCCCCCCCCC. The Labute approximate surface area is 364 Å². The van der Waals surface area contributed by atoms with E-state index in [0.717, 1.165) is 55.2 Å². The van der Waals surface area contributed by atoms with Crippen LogP contribution in [-0.2, 0) is 23.8 Å². The third-order valence-corrected chi connectivity index (χ3v) is 13.2. The summed E-state index contributed by atoms with van der Waals surface area (Å²) in [5, 5.41) is 0. The highest BCUT2D eigenvalue weighted by atomic mass is 31.2. The molecule has 0 atom stereocenters. The minimum Gasteiger partial charge on any atom is -0.386 e. The number of hydrogen-bond acceptors (Lipinski definition) is 4. The lowest BCUT2D eigenvalue weighted by Gasteiger charge is -2.23. The lowest BCUT2D eigenvalue weighted by atomic mass is 10.0. The number of phosphoric ester groups is 1. The van der Waals surface area contributed by atoms with Crippen molar-refractivity contribution in [2.75, 3.05) is 0 Å². The first kappa shape index (κ1) is 50.6. The van der Waals surface area contributed by atoms with E-state index in [2.05, 4.69) is 57.2 Å². The number of rotatable bonds is 39. The predicted octanol–water partition coefficient (Wildman–Crippen LogP) is 18.7. The summed E-state index contributed by atoms with van der Waals surface area (Å²) in [4.78, 5) is 0. The van der Waals surface area contributed by atoms with Gasteiger partial charge in [-0.3, -0.25) is 0 Å². The van der Waals surface area contributed by atoms with Crippen molar-refractivity contribution in [1.29, 1.82) is 0 Å². The van der Waals surface area contributed by atoms with Crippen molar-refractivity contribution in [3.8, 4) is 17.2 Å². The van der Waals surface area contributed by atoms with E-state index in [1.165, 1.54) is 173 Å². The van der Waals surface area contributed by atoms with Crippen LogP contribution >= 0.6 is 7.82 Å². The Bertz CT molecular complexity index is 1310. The average Bonchev–Trinajstić information content (AvgIpc) is 3.24. The number of benzene rings is 3. The minimum absolute atomic E-state index is 0.589. The molecule has 4 nitrogen and oxygen atoms in total. The number of para-hydroxylation sites is 3. The molecule has 0 amide bonds. The van der Waals surface area contributed by atoms with E-state index < -0.39 is 7.82 Å². The fourth-order valence-electron chi connectivity index (χ4n) is 8.22. The Morgan fingerprint density at radius 1 is 0.305 bits per heavy atom. The molecule has 0 heterocycles. The van der Waals surface area contributed by atoms with Gasteiger partial charge in [-0.2, -0.15) is 4.57 Å². The summed E-state index contributed by atoms with van der Waals surface area (Å²) in [6, 6.07) is 24.1. The molecule has 3 aromatic rings. The minimum atomic E-state index is -4.16. The molecule has 0 bridgehead atoms. The second-order valence-electron chi connectivity index (χ2n) is 17.3. The smallest absolute Gasteiger partial charge is 0.386 e. The monoisotopic (exact) mass is 831 g/mol. The van der Waals surface area contributed by atoms with Crippen molar-refractivity contribution < 1.29 is 18.1 Å². The normalized spacial score (nSPS) is 11.6. The molecule has 332 valence electrons. The molecule has 0 saturated carbocycles. The third kappa shape index (κ3) is 23.8. The van der Waals surface area contributed by atoms with Crippen LogP contribution in [0.25, 0.3) is 0 Å². The van der Waals surface area contributed by atoms with Crippen molar-refractivity contribution in [3.63, 3.8) is 0 Å². The summed E-state index contributed by atoms with van der Waals surface area (Å²) >= 11 is 0. The summed E-state index contributed by atoms with van der Waals surface area (Å²) in [6.07, 6.45) is 41.4. The number of aryl methyl sites for hydroxylation is 3. The van der Waals surface area contributed by atoms with Crippen LogP contribution in [0.15, 0.2) is 72.8 Å². The molecule has 0 fully saturated rings. The highest BCUT2D eigenvalue weighted by molar-refractivity contribution is 7.49. The van der Waals surface area contributed by atoms with Gasteiger partial charge < -0.3 is 13.6 Å². The zero-order valence-electron chi connectivity index (χ0n) is 38.3. The highest BCUT2D eigenvalue weighted by Gasteiger charge is 2.35. The molecule has 3 aromatic carbocycles. The van der Waals surface area contributed by atoms with Gasteiger partial charge in [0.25, 0.3) is 0 Å². The zero-order chi connectivity index (χ0) is 41.9. The summed E-state index contributed by atoms with van der Waals surface area (Å²) in [6.45, 7) is 6.84. The lowest BCUT2D eigenvalue weighted by molar-refractivity contribution is 0.295. The van der Waals surface area contributed by atoms with Gasteiger partial charge in [-0.05, 0) is 73.4 Å². The van der Waals surface area contributed by atoms with Crippen LogP contribution in [0, 0.1) is 0 Å². The van der Waals surface area contributed by atoms with Crippen LogP contribution in [0.5, 0.6) is 17.2 Å². The second-order valence-corrected chi connectivity index (χ2v) is 18.8. The molecule has 0 saturated heterocycles. The number of unbranched alkanes of at least 4 members (excludes halogenated alkanes) is 27. The molecule has 3 rings (SSSR count). The molecule has 0 N–H and O–H groups in total. The standard InChI is InChI=1S/C54H87O4P/c1-4-7-10-13-16-19-22-25-28-31-40-49-43-34-37-46-52(49)56-59(55,57-53-47-38-35-44-50(53)41-32-29-26-23-20-17-14-11-8-5-2)58-54-48-39-36-45-51(54)42-33-30-27-24-21-18-15-12-9-6-3/h34-39,43-48H,4-33,40-42H2,1-3H3. The van der Waals surface area contributed by atoms with E-state index in [1.54, 1.807) is 0 Å². The van der Waals surface area contributed by atoms with Crippen LogP contribution in [0.1, 0.15) is 230 Å². The van der Waals surface area contributed by atoms with Gasteiger partial charge >= 0.3 is 7.82 Å². The van der Waals surface area contributed by atoms with E-state index in [1.807, 2.05) is 36.4 Å². The molecule has 0 aliphatic carbocycles. The quantitative estimate of drug-likeness (QED) is 0.0424. The first-order valence-electron chi connectivity index (χ1n) is 25.0. The number of hydrogen-bond donors (Lipinski definition) is 0. The van der Waals surface area contributed by atoms with Crippen LogP contribution < -0.4 is 13.6 Å². The molecule has 5 heteroatoms. The summed E-state index contributed by atoms with van der Waals surface area (Å²) < 4.78 is 34.7. The molecule has 0 aliphatic rings. The fraction of sp³-hybridized carbons (Fsp3) is 0.667. The summed E-state index contributed by atoms with van der Waals surface area (Å²) in [7, 11) is -4.16. The maximum atomic E-state index is 15.1. The Hall–Kier alpha value is -2.71. The van der Waals surface area contributed by atoms with Gasteiger partial charge in [0.05, 0.1) is 0 Å². The molecule has 0 spiro atoms. The average molecular weight is 831 g/mol. The van der Waals surface area contributed by atoms with Crippen LogP contribution in [0.3, 0.4) is 0 Å². The zero-order valence-corrected chi connectivity index (χ0v) is 39.2. The molecular weight excluding hydrogens is 744 g/mol. The van der Waals surface area contributed by atoms with E-state index >= 15 is 4.57 Å². The Morgan fingerprint density at radius 3 is 0.746 bits per heavy atom. The van der Waals surface area contributed by atoms with Gasteiger partial charge in [-0.15, -0.1) is 0 Å². The van der Waals surface area contributed by atoms with E-state index in [4.69, 9.17) is 13.6 Å². The topological polar surface area (TPSA) is 44.8 Å². The maximum Gasteiger partial charge on any atom is 0.647 e. The first-order chi connectivity index (χ1) is 29.1. The molecular formula is C54H87O4P. The van der Waals surface area contributed by atoms with Crippen LogP contribution in [0.2, 0.25) is 0 Å². The van der Waals surface area contributed by atoms with Gasteiger partial charge in [0.2, 0.25) is 0 Å². The van der Waals surface area contributed by atoms with Gasteiger partial charge in [0.1, 0.15) is 17.2 Å². The van der Waals surface area contributed by atoms with Crippen molar-refractivity contribution in [2.24, 2.45) is 0 Å². The van der Waals surface area contributed by atoms with E-state index in [9.17, 15) is 0 Å². The predicted molar refractivity (Wildman–Crippen MR) is 255 cm³/mol. The summed E-state index contributed by atoms with van der Waals surface area (Å²) in [5.41, 5.74) is 3.16. The van der Waals surface area contributed by atoms with Gasteiger partial charge in [-0.1, -0.05) is 249 Å². The molecule has 0 aliphatic heterocycles. The largest absolute Gasteiger partial charge is 0.647 e. The third-order valence-electron chi connectivity index (χ3n) is 11.9. The second kappa shape index (κ2) is 33.9. The van der Waals surface area contributed by atoms with E-state index in [0.29, 0.717) is 17.2 Å². The van der Waals surface area contributed by atoms with Crippen LogP contribution in [0.4, 0.5) is 0 Å². The Balaban J connectivity index is 1.66. The lowest BCUT2D eigenvalue weighted by Crippen LogP contribution is -2.10. The van der Waals surface area contributed by atoms with Crippen molar-refractivity contribution >= 4 is 7.82 Å². The Kier molecular flexibility index (Phi) is 29.1. The molecule has 0 radical (unpaired) electrons. The molecule has 0 aromatic heterocycles. The van der Waals surface area contributed by atoms with Gasteiger partial charge in [0, 0.05) is 0 Å². The van der Waals surface area contributed by atoms with Gasteiger partial charge in [-0.25, -0.2) is 0 Å². The fourth-order valence-corrected chi connectivity index (χ4v) is 9.59. The van der Waals surface area contributed by atoms with Crippen molar-refractivity contribution in [2.45, 2.75) is 233 Å². The number of phosphoric acid groups is 1. The molecule has 59 heavy (non-hydrogen) atoms. The maximum absolute atomic E-state index is 15.1. The highest BCUT2D eigenvalue weighted by Crippen LogP contribution is 2.52. The molecule has 0 unspecified atom stereocenters. The summed E-state index contributed by atoms with van der Waals surface area (Å²) in [5.74, 6) is 1.77. The Morgan fingerprint density at radius 2 is 0.508 bits per heavy atom. The first-order valence-corrected chi connectivity index (χ1v) is 26.5. The van der Waals surface area contributed by atoms with Crippen LogP contribution in [-0.4, -0.2) is 0 Å². The van der Waals surface area contributed by atoms with Crippen molar-refractivity contribution in [3.05, 3.63) is 89.5 Å².